The normalized spacial score (nSPS) is 16.0. The number of halogens is 1. The number of rotatable bonds is 2. The second-order valence-corrected chi connectivity index (χ2v) is 12.2. The number of carbonyl (C=O) groups excluding carboxylic acids is 2. The van der Waals surface area contributed by atoms with Crippen LogP contribution >= 0.6 is 15.9 Å². The van der Waals surface area contributed by atoms with Gasteiger partial charge in [-0.25, -0.2) is 14.5 Å². The highest BCUT2D eigenvalue weighted by Gasteiger charge is 2.34. The number of aromatic nitrogens is 3. The molecule has 0 bridgehead atoms. The summed E-state index contributed by atoms with van der Waals surface area (Å²) in [5, 5.41) is 12.2. The van der Waals surface area contributed by atoms with Crippen molar-refractivity contribution in [1.82, 2.24) is 24.4 Å². The van der Waals surface area contributed by atoms with Crippen LogP contribution in [0.3, 0.4) is 0 Å². The summed E-state index contributed by atoms with van der Waals surface area (Å²) in [6, 6.07) is 10.1. The van der Waals surface area contributed by atoms with Gasteiger partial charge in [0, 0.05) is 40.8 Å². The van der Waals surface area contributed by atoms with E-state index in [1.54, 1.807) is 22.5 Å². The largest absolute Gasteiger partial charge is 0.387 e. The molecule has 0 aliphatic carbocycles. The molecule has 1 amide bonds. The zero-order valence-electron chi connectivity index (χ0n) is 23.6. The van der Waals surface area contributed by atoms with Crippen LogP contribution in [-0.2, 0) is 10.2 Å². The molecule has 39 heavy (non-hydrogen) atoms. The van der Waals surface area contributed by atoms with Crippen LogP contribution in [-0.4, -0.2) is 80.5 Å². The number of hydrogen-bond acceptors (Lipinski definition) is 6. The van der Waals surface area contributed by atoms with Crippen molar-refractivity contribution >= 4 is 45.4 Å². The summed E-state index contributed by atoms with van der Waals surface area (Å²) in [6.07, 6.45) is 2.42. The second kappa shape index (κ2) is 11.7. The van der Waals surface area contributed by atoms with Crippen molar-refractivity contribution in [1.29, 1.82) is 5.41 Å². The monoisotopic (exact) mass is 596 g/mol. The lowest BCUT2D eigenvalue weighted by Crippen LogP contribution is -2.59. The van der Waals surface area contributed by atoms with Crippen LogP contribution in [0.4, 0.5) is 0 Å². The Morgan fingerprint density at radius 1 is 1.21 bits per heavy atom. The van der Waals surface area contributed by atoms with Gasteiger partial charge in [0.2, 0.25) is 5.84 Å². The number of hydrogen-bond donors (Lipinski definition) is 2. The molecule has 0 atom stereocenters. The van der Waals surface area contributed by atoms with Gasteiger partial charge < -0.3 is 10.6 Å². The van der Waals surface area contributed by atoms with E-state index in [-0.39, 0.29) is 28.5 Å². The molecule has 11 heteroatoms. The second-order valence-electron chi connectivity index (χ2n) is 11.3. The molecule has 1 fully saturated rings. The molecule has 1 aliphatic heterocycles. The van der Waals surface area contributed by atoms with E-state index < -0.39 is 0 Å². The molecule has 3 N–H and O–H groups in total. The maximum atomic E-state index is 11.9. The highest BCUT2D eigenvalue weighted by Crippen LogP contribution is 2.30. The molecule has 3 heterocycles. The van der Waals surface area contributed by atoms with Gasteiger partial charge in [0.25, 0.3) is 5.91 Å². The summed E-state index contributed by atoms with van der Waals surface area (Å²) < 4.78 is 2.72. The van der Waals surface area contributed by atoms with E-state index in [0.29, 0.717) is 18.8 Å². The first-order chi connectivity index (χ1) is 18.1. The smallest absolute Gasteiger partial charge is 0.291 e. The Balaban J connectivity index is 0.000000224. The van der Waals surface area contributed by atoms with E-state index in [0.717, 1.165) is 39.8 Å². The predicted octanol–water partition coefficient (Wildman–Crippen LogP) is 4.16. The molecular weight excluding hydrogens is 560 g/mol. The molecule has 2 aromatic heterocycles. The first-order valence-corrected chi connectivity index (χ1v) is 13.4. The Bertz CT molecular complexity index is 1400. The third-order valence-corrected chi connectivity index (χ3v) is 7.14. The van der Waals surface area contributed by atoms with Gasteiger partial charge in [-0.2, -0.15) is 5.10 Å². The summed E-state index contributed by atoms with van der Waals surface area (Å²) >= 11 is 3.44. The van der Waals surface area contributed by atoms with Crippen LogP contribution < -0.4 is 5.73 Å². The maximum absolute atomic E-state index is 11.9. The Labute approximate surface area is 237 Å². The average Bonchev–Trinajstić information content (AvgIpc) is 3.27. The van der Waals surface area contributed by atoms with E-state index in [1.165, 1.54) is 0 Å². The lowest BCUT2D eigenvalue weighted by molar-refractivity contribution is -0.128. The third-order valence-electron chi connectivity index (χ3n) is 6.61. The number of piperazine rings is 1. The Morgan fingerprint density at radius 2 is 1.85 bits per heavy atom. The van der Waals surface area contributed by atoms with Crippen LogP contribution in [0.15, 0.2) is 46.0 Å². The highest BCUT2D eigenvalue weighted by molar-refractivity contribution is 9.10. The number of carbonyl (C=O) groups is 2. The van der Waals surface area contributed by atoms with Gasteiger partial charge in [-0.05, 0) is 51.4 Å². The van der Waals surface area contributed by atoms with Crippen molar-refractivity contribution < 1.29 is 9.59 Å². The van der Waals surface area contributed by atoms with E-state index in [9.17, 15) is 9.59 Å². The van der Waals surface area contributed by atoms with Gasteiger partial charge in [0.1, 0.15) is 5.69 Å². The molecule has 0 spiro atoms. The summed E-state index contributed by atoms with van der Waals surface area (Å²) in [4.78, 5) is 34.9. The van der Waals surface area contributed by atoms with Crippen molar-refractivity contribution in [2.24, 2.45) is 10.7 Å². The molecule has 0 unspecified atom stereocenters. The van der Waals surface area contributed by atoms with Crippen LogP contribution in [0.1, 0.15) is 57.6 Å². The number of imidazole rings is 1. The van der Waals surface area contributed by atoms with E-state index in [2.05, 4.69) is 76.6 Å². The third kappa shape index (κ3) is 7.36. The lowest BCUT2D eigenvalue weighted by atomic mass is 9.87. The van der Waals surface area contributed by atoms with Crippen molar-refractivity contribution in [3.63, 3.8) is 0 Å². The molecule has 10 nitrogen and oxygen atoms in total. The van der Waals surface area contributed by atoms with Crippen molar-refractivity contribution in [3.05, 3.63) is 52.3 Å². The number of nitrogens with one attached hydrogen (secondary N) is 1. The van der Waals surface area contributed by atoms with Crippen LogP contribution in [0.25, 0.3) is 16.9 Å². The number of likely N-dealkylation sites (N-methyl/N-ethyl adjacent to an activating group) is 1. The number of nitrogens with two attached hydrogens (primary N) is 1. The first kappa shape index (κ1) is 30.1. The Morgan fingerprint density at radius 3 is 2.38 bits per heavy atom. The maximum Gasteiger partial charge on any atom is 0.291 e. The summed E-state index contributed by atoms with van der Waals surface area (Å²) in [5.74, 6) is -0.405. The number of amides is 1. The fourth-order valence-electron chi connectivity index (χ4n) is 4.15. The molecule has 1 aromatic carbocycles. The van der Waals surface area contributed by atoms with Crippen molar-refractivity contribution in [2.75, 3.05) is 26.7 Å². The predicted molar refractivity (Wildman–Crippen MR) is 159 cm³/mol. The number of benzene rings is 1. The summed E-state index contributed by atoms with van der Waals surface area (Å²) in [6.45, 7) is 14.1. The van der Waals surface area contributed by atoms with Crippen molar-refractivity contribution in [2.45, 2.75) is 52.5 Å². The standard InChI is InChI=1S/C17H16BrN3O.C11H21N5O/c1-17(2,3)14-8-15(11-4-6-12(18)7-5-11)20-21-9-13(10-22)19-16(14)21;1-8(12)14-9(13)10(17)16-6-5-15(4)11(2,3)7-16/h4-10H,1-3H3;5-7H2,1-4H3,(H3,12,13,14). The van der Waals surface area contributed by atoms with E-state index >= 15 is 0 Å². The molecule has 3 aromatic rings. The lowest BCUT2D eigenvalue weighted by Gasteiger charge is -2.45. The number of aliphatic imine (C=N–C) groups is 1. The molecule has 1 saturated heterocycles. The zero-order chi connectivity index (χ0) is 29.1. The molecule has 0 radical (unpaired) electrons. The quantitative estimate of drug-likeness (QED) is 0.259. The molecule has 4 rings (SSSR count). The van der Waals surface area contributed by atoms with Gasteiger partial charge in [-0.3, -0.25) is 19.9 Å². The fraction of sp³-hybridized carbons (Fsp3) is 0.429. The Hall–Kier alpha value is -3.44. The number of fused-ring (bicyclic) bond motifs is 1. The van der Waals surface area contributed by atoms with E-state index in [4.69, 9.17) is 11.1 Å². The van der Waals surface area contributed by atoms with Crippen LogP contribution in [0.5, 0.6) is 0 Å². The molecule has 0 saturated carbocycles. The van der Waals surface area contributed by atoms with Crippen molar-refractivity contribution in [3.8, 4) is 11.3 Å². The summed E-state index contributed by atoms with van der Waals surface area (Å²) in [5.41, 5.74) is 9.27. The summed E-state index contributed by atoms with van der Waals surface area (Å²) in [7, 11) is 2.04. The minimum absolute atomic E-state index is 0.0737. The van der Waals surface area contributed by atoms with Gasteiger partial charge in [0.15, 0.2) is 11.9 Å². The Kier molecular flexibility index (Phi) is 9.07. The van der Waals surface area contributed by atoms with E-state index in [1.807, 2.05) is 31.3 Å². The van der Waals surface area contributed by atoms with Gasteiger partial charge in [0.05, 0.1) is 17.7 Å². The first-order valence-electron chi connectivity index (χ1n) is 12.6. The highest BCUT2D eigenvalue weighted by atomic mass is 79.9. The molecular formula is C28H37BrN8O2. The molecule has 1 aliphatic rings. The van der Waals surface area contributed by atoms with Gasteiger partial charge in [-0.1, -0.05) is 48.8 Å². The van der Waals surface area contributed by atoms with Gasteiger partial charge >= 0.3 is 0 Å². The SMILES string of the molecule is CC(C)(C)c1cc(-c2ccc(Br)cc2)nn2cc(C=O)nc12.CC(N)=NC(=N)C(=O)N1CCN(C)C(C)(C)C1. The minimum Gasteiger partial charge on any atom is -0.387 e. The van der Waals surface area contributed by atoms with Crippen LogP contribution in [0, 0.1) is 5.41 Å². The fourth-order valence-corrected chi connectivity index (χ4v) is 4.42. The van der Waals surface area contributed by atoms with Gasteiger partial charge in [-0.15, -0.1) is 0 Å². The molecule has 208 valence electrons. The minimum atomic E-state index is -0.351. The average molecular weight is 598 g/mol. The number of nitrogens with zero attached hydrogens (tertiary/aromatic N) is 6. The van der Waals surface area contributed by atoms with Crippen LogP contribution in [0.2, 0.25) is 0 Å². The topological polar surface area (TPSA) is 133 Å². The zero-order valence-corrected chi connectivity index (χ0v) is 25.2. The number of amidine groups is 2. The number of aldehydes is 1.